The quantitative estimate of drug-likeness (QED) is 0.466. The molecule has 0 fully saturated rings. The topological polar surface area (TPSA) is 44.6 Å². The highest BCUT2D eigenvalue weighted by Crippen LogP contribution is 2.23. The van der Waals surface area contributed by atoms with Crippen molar-refractivity contribution in [1.82, 2.24) is 5.48 Å². The first-order valence-electron chi connectivity index (χ1n) is 4.98. The third-order valence-electron chi connectivity index (χ3n) is 2.22. The number of hydrogen-bond acceptors (Lipinski definition) is 2. The maximum Gasteiger partial charge on any atom is 0.113 e. The predicted molar refractivity (Wildman–Crippen MR) is 65.0 cm³/mol. The van der Waals surface area contributed by atoms with Crippen molar-refractivity contribution in [3.05, 3.63) is 54.6 Å². The highest BCUT2D eigenvalue weighted by molar-refractivity contribution is 5.69. The smallest absolute Gasteiger partial charge is 0.113 e. The maximum absolute atomic E-state index is 8.41. The number of rotatable bonds is 3. The highest BCUT2D eigenvalue weighted by Gasteiger charge is 1.96. The lowest BCUT2D eigenvalue weighted by Crippen LogP contribution is -2.00. The third-order valence-corrected chi connectivity index (χ3v) is 2.22. The predicted octanol–water partition coefficient (Wildman–Crippen LogP) is 2.99. The zero-order chi connectivity index (χ0) is 11.2. The first-order chi connectivity index (χ1) is 7.90. The Hall–Kier alpha value is -2.13. The van der Waals surface area contributed by atoms with Gasteiger partial charge in [0.15, 0.2) is 0 Å². The van der Waals surface area contributed by atoms with E-state index < -0.39 is 0 Å². The van der Waals surface area contributed by atoms with Gasteiger partial charge in [0.05, 0.1) is 5.69 Å². The summed E-state index contributed by atoms with van der Waals surface area (Å²) >= 11 is 0. The van der Waals surface area contributed by atoms with Crippen LogP contribution in [0.3, 0.4) is 0 Å². The average molecular weight is 212 g/mol. The van der Waals surface area contributed by atoms with E-state index in [1.807, 2.05) is 60.1 Å². The molecule has 0 bridgehead atoms. The van der Waals surface area contributed by atoms with E-state index in [4.69, 9.17) is 5.21 Å². The first-order valence-corrected chi connectivity index (χ1v) is 4.98. The van der Waals surface area contributed by atoms with Gasteiger partial charge < -0.3 is 0 Å². The zero-order valence-electron chi connectivity index (χ0n) is 8.67. The van der Waals surface area contributed by atoms with Gasteiger partial charge in [-0.3, -0.25) is 10.7 Å². The van der Waals surface area contributed by atoms with Crippen LogP contribution >= 0.6 is 0 Å². The summed E-state index contributed by atoms with van der Waals surface area (Å²) < 4.78 is 0. The summed E-state index contributed by atoms with van der Waals surface area (Å²) in [5, 5.41) is 8.41. The molecule has 0 saturated heterocycles. The fourth-order valence-corrected chi connectivity index (χ4v) is 1.50. The highest BCUT2D eigenvalue weighted by atomic mass is 16.5. The van der Waals surface area contributed by atoms with Gasteiger partial charge >= 0.3 is 0 Å². The summed E-state index contributed by atoms with van der Waals surface area (Å²) in [6.07, 6.45) is 1.24. The van der Waals surface area contributed by atoms with E-state index in [-0.39, 0.29) is 0 Å². The van der Waals surface area contributed by atoms with Crippen molar-refractivity contribution in [1.29, 1.82) is 0 Å². The second-order valence-corrected chi connectivity index (χ2v) is 3.30. The molecular formula is C13H12N2O. The lowest BCUT2D eigenvalue weighted by Gasteiger charge is -2.01. The molecule has 0 spiro atoms. The fraction of sp³-hybridized carbons (Fsp3) is 0. The van der Waals surface area contributed by atoms with Crippen LogP contribution in [0.15, 0.2) is 59.6 Å². The normalized spacial score (nSPS) is 10.6. The molecule has 80 valence electrons. The summed E-state index contributed by atoms with van der Waals surface area (Å²) in [6.45, 7) is 0. The SMILES string of the molecule is ONC=Nc1cccc(-c2ccccc2)c1. The van der Waals surface area contributed by atoms with Gasteiger partial charge in [0.1, 0.15) is 6.34 Å². The first kappa shape index (κ1) is 10.4. The standard InChI is InChI=1S/C13H12N2O/c16-15-10-14-13-8-4-7-12(9-13)11-5-2-1-3-6-11/h1-10,16H,(H,14,15). The average Bonchev–Trinajstić information content (AvgIpc) is 2.38. The summed E-state index contributed by atoms with van der Waals surface area (Å²) in [7, 11) is 0. The summed E-state index contributed by atoms with van der Waals surface area (Å²) in [6, 6.07) is 17.9. The van der Waals surface area contributed by atoms with Crippen LogP contribution in [0.5, 0.6) is 0 Å². The molecule has 0 saturated carbocycles. The molecule has 0 aliphatic heterocycles. The molecule has 0 heterocycles. The number of hydroxylamine groups is 1. The second kappa shape index (κ2) is 5.09. The number of nitrogens with zero attached hydrogens (tertiary/aromatic N) is 1. The Kier molecular flexibility index (Phi) is 3.31. The number of aliphatic imine (C=N–C) groups is 1. The Bertz CT molecular complexity index is 480. The minimum atomic E-state index is 0.794. The summed E-state index contributed by atoms with van der Waals surface area (Å²) in [4.78, 5) is 4.02. The van der Waals surface area contributed by atoms with Crippen molar-refractivity contribution in [2.75, 3.05) is 0 Å². The van der Waals surface area contributed by atoms with Crippen LogP contribution in [-0.2, 0) is 0 Å². The van der Waals surface area contributed by atoms with Gasteiger partial charge in [-0.1, -0.05) is 42.5 Å². The molecule has 0 amide bonds. The molecule has 0 aromatic heterocycles. The van der Waals surface area contributed by atoms with Gasteiger partial charge in [0, 0.05) is 0 Å². The van der Waals surface area contributed by atoms with E-state index in [1.165, 1.54) is 6.34 Å². The molecule has 2 N–H and O–H groups in total. The molecule has 2 aromatic rings. The van der Waals surface area contributed by atoms with Crippen LogP contribution in [0.1, 0.15) is 0 Å². The Morgan fingerprint density at radius 3 is 2.44 bits per heavy atom. The van der Waals surface area contributed by atoms with Crippen molar-refractivity contribution in [2.45, 2.75) is 0 Å². The molecule has 0 unspecified atom stereocenters. The molecule has 0 aliphatic carbocycles. The number of nitrogens with one attached hydrogen (secondary N) is 1. The van der Waals surface area contributed by atoms with Gasteiger partial charge in [0.25, 0.3) is 0 Å². The largest absolute Gasteiger partial charge is 0.290 e. The van der Waals surface area contributed by atoms with E-state index in [1.54, 1.807) is 0 Å². The molecule has 2 aromatic carbocycles. The number of hydrogen-bond donors (Lipinski definition) is 2. The molecular weight excluding hydrogens is 200 g/mol. The third kappa shape index (κ3) is 2.46. The van der Waals surface area contributed by atoms with E-state index in [9.17, 15) is 0 Å². The minimum absolute atomic E-state index is 0.794. The monoisotopic (exact) mass is 212 g/mol. The Morgan fingerprint density at radius 1 is 0.938 bits per heavy atom. The minimum Gasteiger partial charge on any atom is -0.290 e. The molecule has 0 aliphatic rings. The van der Waals surface area contributed by atoms with Gasteiger partial charge in [-0.25, -0.2) is 4.99 Å². The molecule has 3 nitrogen and oxygen atoms in total. The van der Waals surface area contributed by atoms with Crippen LogP contribution < -0.4 is 5.48 Å². The van der Waals surface area contributed by atoms with Gasteiger partial charge in [-0.15, -0.1) is 0 Å². The van der Waals surface area contributed by atoms with Crippen molar-refractivity contribution in [3.8, 4) is 11.1 Å². The molecule has 0 atom stereocenters. The fourth-order valence-electron chi connectivity index (χ4n) is 1.50. The summed E-state index contributed by atoms with van der Waals surface area (Å²) in [5.74, 6) is 0. The van der Waals surface area contributed by atoms with E-state index in [0.29, 0.717) is 0 Å². The van der Waals surface area contributed by atoms with Gasteiger partial charge in [0.2, 0.25) is 0 Å². The second-order valence-electron chi connectivity index (χ2n) is 3.30. The molecule has 3 heteroatoms. The van der Waals surface area contributed by atoms with Crippen molar-refractivity contribution in [2.24, 2.45) is 4.99 Å². The van der Waals surface area contributed by atoms with E-state index in [2.05, 4.69) is 4.99 Å². The Labute approximate surface area is 94.0 Å². The Balaban J connectivity index is 2.33. The lowest BCUT2D eigenvalue weighted by atomic mass is 10.1. The van der Waals surface area contributed by atoms with Crippen LogP contribution in [0, 0.1) is 0 Å². The molecule has 0 radical (unpaired) electrons. The molecule has 2 rings (SSSR count). The number of benzene rings is 2. The molecule has 16 heavy (non-hydrogen) atoms. The van der Waals surface area contributed by atoms with Crippen LogP contribution in [0.2, 0.25) is 0 Å². The van der Waals surface area contributed by atoms with Crippen molar-refractivity contribution in [3.63, 3.8) is 0 Å². The van der Waals surface area contributed by atoms with Crippen molar-refractivity contribution >= 4 is 12.0 Å². The van der Waals surface area contributed by atoms with Gasteiger partial charge in [-0.2, -0.15) is 0 Å². The summed E-state index contributed by atoms with van der Waals surface area (Å²) in [5.41, 5.74) is 4.93. The van der Waals surface area contributed by atoms with E-state index in [0.717, 1.165) is 16.8 Å². The lowest BCUT2D eigenvalue weighted by molar-refractivity contribution is 0.240. The maximum atomic E-state index is 8.41. The van der Waals surface area contributed by atoms with Gasteiger partial charge in [-0.05, 0) is 23.3 Å². The van der Waals surface area contributed by atoms with Crippen LogP contribution in [0.25, 0.3) is 11.1 Å². The van der Waals surface area contributed by atoms with E-state index >= 15 is 0 Å². The van der Waals surface area contributed by atoms with Crippen molar-refractivity contribution < 1.29 is 5.21 Å². The Morgan fingerprint density at radius 2 is 1.69 bits per heavy atom. The zero-order valence-corrected chi connectivity index (χ0v) is 8.67. The van der Waals surface area contributed by atoms with Crippen LogP contribution in [0.4, 0.5) is 5.69 Å². The van der Waals surface area contributed by atoms with Crippen LogP contribution in [-0.4, -0.2) is 11.5 Å².